The van der Waals surface area contributed by atoms with Crippen molar-refractivity contribution < 1.29 is 14.0 Å². The molecule has 2 aromatic rings. The van der Waals surface area contributed by atoms with Gasteiger partial charge >= 0.3 is 0 Å². The Morgan fingerprint density at radius 3 is 2.20 bits per heavy atom. The minimum absolute atomic E-state index is 0.100. The predicted octanol–water partition coefficient (Wildman–Crippen LogP) is 3.64. The SMILES string of the molecule is CC(=O)Nc1ccc(NC(=O)C(C#N)=Cc2ccc(F)c(C)c2)cc1. The number of benzene rings is 2. The van der Waals surface area contributed by atoms with Crippen LogP contribution in [-0.4, -0.2) is 11.8 Å². The lowest BCUT2D eigenvalue weighted by molar-refractivity contribution is -0.114. The summed E-state index contributed by atoms with van der Waals surface area (Å²) in [6.07, 6.45) is 1.40. The molecule has 0 saturated heterocycles. The first-order valence-electron chi connectivity index (χ1n) is 7.46. The molecule has 0 saturated carbocycles. The zero-order chi connectivity index (χ0) is 18.4. The standard InChI is InChI=1S/C19H16FN3O2/c1-12-9-14(3-8-18(12)20)10-15(11-21)19(25)23-17-6-4-16(5-7-17)22-13(2)24/h3-10H,1-2H3,(H,22,24)(H,23,25). The number of carbonyl (C=O) groups is 2. The van der Waals surface area contributed by atoms with Crippen LogP contribution in [0.3, 0.4) is 0 Å². The Bertz CT molecular complexity index is 881. The largest absolute Gasteiger partial charge is 0.326 e. The van der Waals surface area contributed by atoms with Gasteiger partial charge in [-0.3, -0.25) is 9.59 Å². The summed E-state index contributed by atoms with van der Waals surface area (Å²) in [5.74, 6) is -1.11. The molecule has 0 aromatic heterocycles. The lowest BCUT2D eigenvalue weighted by Crippen LogP contribution is -2.13. The molecule has 0 bridgehead atoms. The molecule has 2 N–H and O–H groups in total. The maximum atomic E-state index is 13.3. The fourth-order valence-corrected chi connectivity index (χ4v) is 2.11. The van der Waals surface area contributed by atoms with E-state index in [0.717, 1.165) is 0 Å². The fraction of sp³-hybridized carbons (Fsp3) is 0.105. The molecule has 0 spiro atoms. The lowest BCUT2D eigenvalue weighted by Gasteiger charge is -2.06. The molecule has 0 fully saturated rings. The van der Waals surface area contributed by atoms with E-state index in [-0.39, 0.29) is 17.3 Å². The second-order valence-electron chi connectivity index (χ2n) is 5.39. The van der Waals surface area contributed by atoms with Crippen LogP contribution in [0.1, 0.15) is 18.1 Å². The van der Waals surface area contributed by atoms with E-state index in [1.165, 1.54) is 25.1 Å². The van der Waals surface area contributed by atoms with E-state index >= 15 is 0 Å². The van der Waals surface area contributed by atoms with Gasteiger partial charge in [0.05, 0.1) is 0 Å². The Morgan fingerprint density at radius 2 is 1.68 bits per heavy atom. The second kappa shape index (κ2) is 7.88. The van der Waals surface area contributed by atoms with Crippen LogP contribution in [0.4, 0.5) is 15.8 Å². The maximum Gasteiger partial charge on any atom is 0.266 e. The highest BCUT2D eigenvalue weighted by atomic mass is 19.1. The molecular formula is C19H16FN3O2. The minimum Gasteiger partial charge on any atom is -0.326 e. The van der Waals surface area contributed by atoms with Gasteiger partial charge in [0.15, 0.2) is 0 Å². The summed E-state index contributed by atoms with van der Waals surface area (Å²) in [6, 6.07) is 12.7. The molecule has 0 aliphatic rings. The Labute approximate surface area is 144 Å². The van der Waals surface area contributed by atoms with Crippen LogP contribution < -0.4 is 10.6 Å². The van der Waals surface area contributed by atoms with Crippen molar-refractivity contribution >= 4 is 29.3 Å². The number of hydrogen-bond donors (Lipinski definition) is 2. The van der Waals surface area contributed by atoms with Crippen LogP contribution >= 0.6 is 0 Å². The van der Waals surface area contributed by atoms with Gasteiger partial charge in [-0.15, -0.1) is 0 Å². The number of nitrogens with zero attached hydrogens (tertiary/aromatic N) is 1. The van der Waals surface area contributed by atoms with Gasteiger partial charge in [0, 0.05) is 18.3 Å². The van der Waals surface area contributed by atoms with Crippen LogP contribution in [0.5, 0.6) is 0 Å². The van der Waals surface area contributed by atoms with Crippen molar-refractivity contribution in [2.24, 2.45) is 0 Å². The van der Waals surface area contributed by atoms with E-state index in [1.807, 2.05) is 6.07 Å². The second-order valence-corrected chi connectivity index (χ2v) is 5.39. The first-order valence-corrected chi connectivity index (χ1v) is 7.46. The van der Waals surface area contributed by atoms with Crippen molar-refractivity contribution in [1.29, 1.82) is 5.26 Å². The summed E-state index contributed by atoms with van der Waals surface area (Å²) in [6.45, 7) is 3.01. The molecule has 2 aromatic carbocycles. The van der Waals surface area contributed by atoms with Crippen molar-refractivity contribution in [2.75, 3.05) is 10.6 Å². The number of halogens is 1. The quantitative estimate of drug-likeness (QED) is 0.660. The summed E-state index contributed by atoms with van der Waals surface area (Å²) in [5, 5.41) is 14.4. The van der Waals surface area contributed by atoms with Gasteiger partial charge in [-0.1, -0.05) is 6.07 Å². The number of carbonyl (C=O) groups excluding carboxylic acids is 2. The molecule has 25 heavy (non-hydrogen) atoms. The Hall–Kier alpha value is -3.46. The summed E-state index contributed by atoms with van der Waals surface area (Å²) < 4.78 is 13.3. The highest BCUT2D eigenvalue weighted by molar-refractivity contribution is 6.09. The van der Waals surface area contributed by atoms with E-state index in [0.29, 0.717) is 22.5 Å². The van der Waals surface area contributed by atoms with Crippen LogP contribution in [0.15, 0.2) is 48.0 Å². The van der Waals surface area contributed by atoms with Crippen molar-refractivity contribution in [3.63, 3.8) is 0 Å². The number of nitriles is 1. The summed E-state index contributed by atoms with van der Waals surface area (Å²) in [5.41, 5.74) is 1.97. The molecule has 2 rings (SSSR count). The van der Waals surface area contributed by atoms with Crippen molar-refractivity contribution in [3.8, 4) is 6.07 Å². The Balaban J connectivity index is 2.14. The Kier molecular flexibility index (Phi) is 5.64. The average Bonchev–Trinajstić information content (AvgIpc) is 2.57. The summed E-state index contributed by atoms with van der Waals surface area (Å²) >= 11 is 0. The van der Waals surface area contributed by atoms with Gasteiger partial charge in [-0.05, 0) is 60.5 Å². The normalized spacial score (nSPS) is 10.7. The van der Waals surface area contributed by atoms with Gasteiger partial charge < -0.3 is 10.6 Å². The molecule has 5 nitrogen and oxygen atoms in total. The lowest BCUT2D eigenvalue weighted by atomic mass is 10.1. The van der Waals surface area contributed by atoms with E-state index in [9.17, 15) is 19.2 Å². The van der Waals surface area contributed by atoms with Gasteiger partial charge in [0.25, 0.3) is 5.91 Å². The fourth-order valence-electron chi connectivity index (χ4n) is 2.11. The highest BCUT2D eigenvalue weighted by Crippen LogP contribution is 2.16. The van der Waals surface area contributed by atoms with Crippen LogP contribution in [-0.2, 0) is 9.59 Å². The maximum absolute atomic E-state index is 13.3. The van der Waals surface area contributed by atoms with Gasteiger partial charge in [-0.2, -0.15) is 5.26 Å². The third kappa shape index (κ3) is 5.01. The van der Waals surface area contributed by atoms with Gasteiger partial charge in [0.1, 0.15) is 17.5 Å². The molecule has 126 valence electrons. The zero-order valence-electron chi connectivity index (χ0n) is 13.8. The number of hydrogen-bond acceptors (Lipinski definition) is 3. The number of aryl methyl sites for hydroxylation is 1. The first-order chi connectivity index (χ1) is 11.9. The molecule has 0 heterocycles. The van der Waals surface area contributed by atoms with Crippen LogP contribution in [0.25, 0.3) is 6.08 Å². The van der Waals surface area contributed by atoms with E-state index in [4.69, 9.17) is 0 Å². The van der Waals surface area contributed by atoms with Crippen LogP contribution in [0.2, 0.25) is 0 Å². The first kappa shape index (κ1) is 17.9. The topological polar surface area (TPSA) is 82.0 Å². The third-order valence-corrected chi connectivity index (χ3v) is 3.32. The van der Waals surface area contributed by atoms with Crippen molar-refractivity contribution in [1.82, 2.24) is 0 Å². The minimum atomic E-state index is -0.572. The monoisotopic (exact) mass is 337 g/mol. The van der Waals surface area contributed by atoms with Crippen LogP contribution in [0, 0.1) is 24.1 Å². The van der Waals surface area contributed by atoms with Crippen molar-refractivity contribution in [3.05, 3.63) is 65.0 Å². The van der Waals surface area contributed by atoms with Crippen molar-refractivity contribution in [2.45, 2.75) is 13.8 Å². The Morgan fingerprint density at radius 1 is 1.08 bits per heavy atom. The molecule has 6 heteroatoms. The smallest absolute Gasteiger partial charge is 0.266 e. The van der Waals surface area contributed by atoms with E-state index < -0.39 is 5.91 Å². The number of anilines is 2. The number of rotatable bonds is 4. The molecule has 0 aliphatic carbocycles. The molecule has 0 aliphatic heterocycles. The molecule has 2 amide bonds. The molecule has 0 unspecified atom stereocenters. The molecule has 0 atom stereocenters. The number of amides is 2. The summed E-state index contributed by atoms with van der Waals surface area (Å²) in [4.78, 5) is 23.2. The highest BCUT2D eigenvalue weighted by Gasteiger charge is 2.10. The number of nitrogens with one attached hydrogen (secondary N) is 2. The average molecular weight is 337 g/mol. The molecule has 0 radical (unpaired) electrons. The molecular weight excluding hydrogens is 321 g/mol. The zero-order valence-corrected chi connectivity index (χ0v) is 13.8. The van der Waals surface area contributed by atoms with Gasteiger partial charge in [-0.25, -0.2) is 4.39 Å². The predicted molar refractivity (Wildman–Crippen MR) is 94.1 cm³/mol. The van der Waals surface area contributed by atoms with E-state index in [2.05, 4.69) is 10.6 Å². The third-order valence-electron chi connectivity index (χ3n) is 3.32. The van der Waals surface area contributed by atoms with E-state index in [1.54, 1.807) is 37.3 Å². The van der Waals surface area contributed by atoms with Gasteiger partial charge in [0.2, 0.25) is 5.91 Å². The summed E-state index contributed by atoms with van der Waals surface area (Å²) in [7, 11) is 0.